The normalized spacial score (nSPS) is 36.2. The van der Waals surface area contributed by atoms with Crippen molar-refractivity contribution in [3.05, 3.63) is 0 Å². The first-order chi connectivity index (χ1) is 8.37. The molecule has 5 heteroatoms. The highest BCUT2D eigenvalue weighted by atomic mass is 32.2. The van der Waals surface area contributed by atoms with E-state index in [1.165, 1.54) is 0 Å². The molecule has 1 saturated heterocycles. The average Bonchev–Trinajstić information content (AvgIpc) is 2.91. The van der Waals surface area contributed by atoms with Crippen molar-refractivity contribution >= 4 is 11.8 Å². The molecule has 0 radical (unpaired) electrons. The zero-order chi connectivity index (χ0) is 14.5. The van der Waals surface area contributed by atoms with Crippen molar-refractivity contribution in [3.8, 4) is 0 Å². The summed E-state index contributed by atoms with van der Waals surface area (Å²) in [7, 11) is 0. The lowest BCUT2D eigenvalue weighted by Gasteiger charge is -2.41. The van der Waals surface area contributed by atoms with Gasteiger partial charge in [0.05, 0.1) is 31.6 Å². The summed E-state index contributed by atoms with van der Waals surface area (Å²) >= 11 is 2.01. The molecule has 0 unspecified atom stereocenters. The van der Waals surface area contributed by atoms with Crippen molar-refractivity contribution in [2.45, 2.75) is 87.0 Å². The van der Waals surface area contributed by atoms with Crippen molar-refractivity contribution in [2.24, 2.45) is 20.5 Å². The van der Waals surface area contributed by atoms with Crippen molar-refractivity contribution in [2.75, 3.05) is 0 Å². The molecule has 0 aliphatic carbocycles. The maximum Gasteiger partial charge on any atom is 0.0945 e. The van der Waals surface area contributed by atoms with E-state index in [9.17, 15) is 0 Å². The minimum absolute atomic E-state index is 0.0243. The molecule has 19 heavy (non-hydrogen) atoms. The van der Waals surface area contributed by atoms with E-state index in [1.807, 2.05) is 11.8 Å². The fourth-order valence-electron chi connectivity index (χ4n) is 4.71. The van der Waals surface area contributed by atoms with Gasteiger partial charge in [0.15, 0.2) is 0 Å². The summed E-state index contributed by atoms with van der Waals surface area (Å²) in [4.78, 5) is 0. The second kappa shape index (κ2) is 2.92. The van der Waals surface area contributed by atoms with E-state index in [0.717, 1.165) is 0 Å². The van der Waals surface area contributed by atoms with Crippen LogP contribution in [0.25, 0.3) is 0 Å². The van der Waals surface area contributed by atoms with E-state index in [0.29, 0.717) is 0 Å². The van der Waals surface area contributed by atoms with Gasteiger partial charge in [0, 0.05) is 0 Å². The molecule has 0 aromatic heterocycles. The Kier molecular flexibility index (Phi) is 2.08. The minimum Gasteiger partial charge on any atom is -0.186 e. The molecular weight excluding hydrogens is 256 g/mol. The van der Waals surface area contributed by atoms with Crippen LogP contribution in [0, 0.1) is 0 Å². The van der Waals surface area contributed by atoms with E-state index < -0.39 is 0 Å². The molecular formula is C14H24N4S. The SMILES string of the molecule is CC1(C)N=NC(C)(C)C12SC21C(C)(C)N=NC1(C)C. The monoisotopic (exact) mass is 280 g/mol. The van der Waals surface area contributed by atoms with E-state index in [2.05, 4.69) is 75.8 Å². The first-order valence-corrected chi connectivity index (χ1v) is 7.77. The summed E-state index contributed by atoms with van der Waals surface area (Å²) in [5.74, 6) is 0. The lowest BCUT2D eigenvalue weighted by Crippen LogP contribution is -2.62. The largest absolute Gasteiger partial charge is 0.186 e. The first-order valence-electron chi connectivity index (χ1n) is 6.95. The highest BCUT2D eigenvalue weighted by Crippen LogP contribution is 2.84. The van der Waals surface area contributed by atoms with Crippen LogP contribution < -0.4 is 0 Å². The fraction of sp³-hybridized carbons (Fsp3) is 1.00. The Morgan fingerprint density at radius 1 is 0.474 bits per heavy atom. The van der Waals surface area contributed by atoms with Crippen molar-refractivity contribution in [1.82, 2.24) is 0 Å². The second-order valence-corrected chi connectivity index (χ2v) is 9.53. The topological polar surface area (TPSA) is 49.4 Å². The average molecular weight is 280 g/mol. The van der Waals surface area contributed by atoms with Crippen LogP contribution >= 0.6 is 11.8 Å². The molecule has 0 aromatic rings. The molecule has 0 atom stereocenters. The Bertz CT molecular complexity index is 432. The van der Waals surface area contributed by atoms with Gasteiger partial charge in [-0.05, 0) is 55.4 Å². The van der Waals surface area contributed by atoms with Crippen LogP contribution in [0.15, 0.2) is 20.5 Å². The van der Waals surface area contributed by atoms with Gasteiger partial charge in [-0.3, -0.25) is 0 Å². The van der Waals surface area contributed by atoms with Crippen molar-refractivity contribution in [3.63, 3.8) is 0 Å². The Morgan fingerprint density at radius 2 is 0.684 bits per heavy atom. The molecule has 106 valence electrons. The second-order valence-electron chi connectivity index (χ2n) is 8.10. The lowest BCUT2D eigenvalue weighted by atomic mass is 9.59. The molecule has 0 aromatic carbocycles. The third-order valence-corrected chi connectivity index (χ3v) is 8.33. The molecule has 4 nitrogen and oxygen atoms in total. The number of hydrogen-bond acceptors (Lipinski definition) is 5. The van der Waals surface area contributed by atoms with Crippen LogP contribution in [0.2, 0.25) is 0 Å². The smallest absolute Gasteiger partial charge is 0.0945 e. The van der Waals surface area contributed by atoms with Crippen LogP contribution in [0.5, 0.6) is 0 Å². The van der Waals surface area contributed by atoms with Crippen molar-refractivity contribution < 1.29 is 0 Å². The van der Waals surface area contributed by atoms with Gasteiger partial charge in [-0.2, -0.15) is 20.5 Å². The molecule has 3 aliphatic rings. The molecule has 1 fully saturated rings. The molecule has 0 bridgehead atoms. The van der Waals surface area contributed by atoms with E-state index in [1.54, 1.807) is 0 Å². The highest BCUT2D eigenvalue weighted by molar-refractivity contribution is 8.10. The van der Waals surface area contributed by atoms with Gasteiger partial charge in [-0.25, -0.2) is 0 Å². The maximum atomic E-state index is 4.61. The number of nitrogens with zero attached hydrogens (tertiary/aromatic N) is 4. The van der Waals surface area contributed by atoms with Gasteiger partial charge in [-0.1, -0.05) is 0 Å². The number of thioether (sulfide) groups is 1. The van der Waals surface area contributed by atoms with Crippen LogP contribution in [0.4, 0.5) is 0 Å². The van der Waals surface area contributed by atoms with Gasteiger partial charge in [0.1, 0.15) is 0 Å². The van der Waals surface area contributed by atoms with Gasteiger partial charge >= 0.3 is 0 Å². The number of hydrogen-bond donors (Lipinski definition) is 0. The fourth-order valence-corrected chi connectivity index (χ4v) is 7.28. The van der Waals surface area contributed by atoms with E-state index >= 15 is 0 Å². The molecule has 3 aliphatic heterocycles. The molecule has 2 spiro atoms. The molecule has 3 heterocycles. The van der Waals surface area contributed by atoms with Crippen molar-refractivity contribution in [1.29, 1.82) is 0 Å². The van der Waals surface area contributed by atoms with Gasteiger partial charge in [0.25, 0.3) is 0 Å². The van der Waals surface area contributed by atoms with Crippen LogP contribution in [-0.4, -0.2) is 31.6 Å². The van der Waals surface area contributed by atoms with Gasteiger partial charge < -0.3 is 0 Å². The molecule has 0 amide bonds. The number of fused-ring (bicyclic) bond motifs is 1. The summed E-state index contributed by atoms with van der Waals surface area (Å²) < 4.78 is -0.0486. The van der Waals surface area contributed by atoms with Crippen LogP contribution in [0.1, 0.15) is 55.4 Å². The van der Waals surface area contributed by atoms with E-state index in [4.69, 9.17) is 0 Å². The summed E-state index contributed by atoms with van der Waals surface area (Å²) in [6.07, 6.45) is 0. The predicted molar refractivity (Wildman–Crippen MR) is 79.1 cm³/mol. The highest BCUT2D eigenvalue weighted by Gasteiger charge is 2.92. The molecule has 3 rings (SSSR count). The Morgan fingerprint density at radius 3 is 0.895 bits per heavy atom. The quantitative estimate of drug-likeness (QED) is 0.612. The molecule has 0 saturated carbocycles. The summed E-state index contributed by atoms with van der Waals surface area (Å²) in [5, 5.41) is 18.4. The Hall–Kier alpha value is -0.450. The van der Waals surface area contributed by atoms with Crippen LogP contribution in [0.3, 0.4) is 0 Å². The third-order valence-electron chi connectivity index (χ3n) is 5.31. The Labute approximate surface area is 119 Å². The maximum absolute atomic E-state index is 4.61. The lowest BCUT2D eigenvalue weighted by molar-refractivity contribution is 0.208. The standard InChI is InChI=1S/C14H24N4S/c1-9(2)13(10(3,4)16-15-9)14(19-13)11(5,6)17-18-12(14,7)8/h1-8H3. The van der Waals surface area contributed by atoms with Gasteiger partial charge in [-0.15, -0.1) is 11.8 Å². The zero-order valence-corrected chi connectivity index (χ0v) is 14.0. The summed E-state index contributed by atoms with van der Waals surface area (Å²) in [6, 6.07) is 0. The first kappa shape index (κ1) is 13.5. The number of azo groups is 2. The predicted octanol–water partition coefficient (Wildman–Crippen LogP) is 4.26. The number of rotatable bonds is 0. The summed E-state index contributed by atoms with van der Waals surface area (Å²) in [6.45, 7) is 17.6. The Balaban J connectivity index is 2.22. The van der Waals surface area contributed by atoms with Gasteiger partial charge in [0.2, 0.25) is 0 Å². The molecule has 0 N–H and O–H groups in total. The van der Waals surface area contributed by atoms with Crippen LogP contribution in [-0.2, 0) is 0 Å². The minimum atomic E-state index is -0.176. The summed E-state index contributed by atoms with van der Waals surface area (Å²) in [5.41, 5.74) is -0.702. The van der Waals surface area contributed by atoms with E-state index in [-0.39, 0.29) is 31.6 Å². The zero-order valence-electron chi connectivity index (χ0n) is 13.2. The third kappa shape index (κ3) is 1.08.